The molecule has 106 valence electrons. The highest BCUT2D eigenvalue weighted by Gasteiger charge is 2.26. The molecule has 0 saturated carbocycles. The smallest absolute Gasteiger partial charge is 0.0770 e. The zero-order chi connectivity index (χ0) is 13.7. The molecule has 0 aromatic heterocycles. The van der Waals surface area contributed by atoms with Gasteiger partial charge in [0.05, 0.1) is 12.1 Å². The highest BCUT2D eigenvalue weighted by molar-refractivity contribution is 5.34. The minimum atomic E-state index is 0.345. The lowest BCUT2D eigenvalue weighted by Gasteiger charge is -2.25. The Bertz CT molecular complexity index is 396. The number of aryl methyl sites for hydroxylation is 2. The van der Waals surface area contributed by atoms with Gasteiger partial charge < -0.3 is 10.1 Å². The Balaban J connectivity index is 2.25. The minimum absolute atomic E-state index is 0.345. The van der Waals surface area contributed by atoms with E-state index < -0.39 is 0 Å². The van der Waals surface area contributed by atoms with E-state index in [0.29, 0.717) is 12.1 Å². The number of likely N-dealkylation sites (N-methyl/N-ethyl adjacent to an activating group) is 1. The van der Waals surface area contributed by atoms with Crippen LogP contribution >= 0.6 is 0 Å². The van der Waals surface area contributed by atoms with Crippen LogP contribution < -0.4 is 5.32 Å². The van der Waals surface area contributed by atoms with E-state index in [4.69, 9.17) is 4.74 Å². The average molecular weight is 261 g/mol. The number of hydrogen-bond donors (Lipinski definition) is 1. The van der Waals surface area contributed by atoms with E-state index in [1.54, 1.807) is 0 Å². The molecule has 0 radical (unpaired) electrons. The Morgan fingerprint density at radius 3 is 2.58 bits per heavy atom. The summed E-state index contributed by atoms with van der Waals surface area (Å²) in [6.07, 6.45) is 4.95. The third-order valence-electron chi connectivity index (χ3n) is 4.11. The van der Waals surface area contributed by atoms with Crippen molar-refractivity contribution in [2.75, 3.05) is 13.2 Å². The van der Waals surface area contributed by atoms with Crippen LogP contribution in [0.4, 0.5) is 0 Å². The molecule has 0 spiro atoms. The van der Waals surface area contributed by atoms with Gasteiger partial charge in [-0.15, -0.1) is 0 Å². The van der Waals surface area contributed by atoms with Crippen LogP contribution in [0.1, 0.15) is 56.3 Å². The standard InChI is InChI=1S/C17H27NO/c1-4-13-9-10-15(12-14(13)5-2)17(18-6-3)16-8-7-11-19-16/h9-10,12,16-18H,4-8,11H2,1-3H3. The van der Waals surface area contributed by atoms with Gasteiger partial charge in [-0.25, -0.2) is 0 Å². The summed E-state index contributed by atoms with van der Waals surface area (Å²) in [4.78, 5) is 0. The fourth-order valence-corrected chi connectivity index (χ4v) is 3.06. The molecular formula is C17H27NO. The third-order valence-corrected chi connectivity index (χ3v) is 4.11. The predicted octanol–water partition coefficient (Wildman–Crippen LogP) is 3.64. The highest BCUT2D eigenvalue weighted by Crippen LogP contribution is 2.28. The SMILES string of the molecule is CCNC(c1ccc(CC)c(CC)c1)C1CCCO1. The van der Waals surface area contributed by atoms with Crippen molar-refractivity contribution in [3.05, 3.63) is 34.9 Å². The zero-order valence-electron chi connectivity index (χ0n) is 12.5. The van der Waals surface area contributed by atoms with Gasteiger partial charge in [-0.2, -0.15) is 0 Å². The normalized spacial score (nSPS) is 20.7. The quantitative estimate of drug-likeness (QED) is 0.844. The zero-order valence-corrected chi connectivity index (χ0v) is 12.5. The van der Waals surface area contributed by atoms with Crippen LogP contribution in [0, 0.1) is 0 Å². The first-order valence-corrected chi connectivity index (χ1v) is 7.76. The van der Waals surface area contributed by atoms with Crippen molar-refractivity contribution < 1.29 is 4.74 Å². The second kappa shape index (κ2) is 7.06. The van der Waals surface area contributed by atoms with E-state index in [-0.39, 0.29) is 0 Å². The van der Waals surface area contributed by atoms with Gasteiger partial charge in [-0.05, 0) is 48.9 Å². The van der Waals surface area contributed by atoms with E-state index in [2.05, 4.69) is 44.3 Å². The molecule has 0 aliphatic carbocycles. The first kappa shape index (κ1) is 14.5. The van der Waals surface area contributed by atoms with Crippen molar-refractivity contribution in [1.29, 1.82) is 0 Å². The molecule has 0 amide bonds. The molecule has 2 nitrogen and oxygen atoms in total. The number of benzene rings is 1. The first-order valence-electron chi connectivity index (χ1n) is 7.76. The molecule has 1 heterocycles. The van der Waals surface area contributed by atoms with Crippen molar-refractivity contribution >= 4 is 0 Å². The minimum Gasteiger partial charge on any atom is -0.376 e. The Kier molecular flexibility index (Phi) is 5.41. The maximum atomic E-state index is 5.89. The lowest BCUT2D eigenvalue weighted by atomic mass is 9.93. The van der Waals surface area contributed by atoms with Gasteiger partial charge in [-0.3, -0.25) is 0 Å². The van der Waals surface area contributed by atoms with Crippen molar-refractivity contribution in [2.24, 2.45) is 0 Å². The number of hydrogen-bond acceptors (Lipinski definition) is 2. The molecule has 1 N–H and O–H groups in total. The average Bonchev–Trinajstić information content (AvgIpc) is 2.98. The summed E-state index contributed by atoms with van der Waals surface area (Å²) in [5, 5.41) is 3.60. The van der Waals surface area contributed by atoms with Crippen LogP contribution in [0.2, 0.25) is 0 Å². The van der Waals surface area contributed by atoms with Gasteiger partial charge in [0.1, 0.15) is 0 Å². The molecule has 1 aromatic rings. The van der Waals surface area contributed by atoms with Gasteiger partial charge >= 0.3 is 0 Å². The van der Waals surface area contributed by atoms with E-state index >= 15 is 0 Å². The highest BCUT2D eigenvalue weighted by atomic mass is 16.5. The number of rotatable bonds is 6. The van der Waals surface area contributed by atoms with Crippen molar-refractivity contribution in [2.45, 2.75) is 58.6 Å². The van der Waals surface area contributed by atoms with E-state index in [9.17, 15) is 0 Å². The van der Waals surface area contributed by atoms with Crippen LogP contribution in [0.25, 0.3) is 0 Å². The Labute approximate surface area is 117 Å². The monoisotopic (exact) mass is 261 g/mol. The third kappa shape index (κ3) is 3.37. The van der Waals surface area contributed by atoms with Crippen LogP contribution in [0.5, 0.6) is 0 Å². The summed E-state index contributed by atoms with van der Waals surface area (Å²) in [5.74, 6) is 0. The molecule has 0 bridgehead atoms. The second-order valence-corrected chi connectivity index (χ2v) is 5.32. The van der Waals surface area contributed by atoms with Crippen molar-refractivity contribution in [3.8, 4) is 0 Å². The maximum Gasteiger partial charge on any atom is 0.0770 e. The maximum absolute atomic E-state index is 5.89. The molecule has 19 heavy (non-hydrogen) atoms. The molecule has 1 saturated heterocycles. The summed E-state index contributed by atoms with van der Waals surface area (Å²) in [7, 11) is 0. The Morgan fingerprint density at radius 1 is 1.21 bits per heavy atom. The second-order valence-electron chi connectivity index (χ2n) is 5.32. The lowest BCUT2D eigenvalue weighted by molar-refractivity contribution is 0.0788. The van der Waals surface area contributed by atoms with Gasteiger partial charge in [0, 0.05) is 6.61 Å². The molecule has 2 heteroatoms. The summed E-state index contributed by atoms with van der Waals surface area (Å²) >= 11 is 0. The van der Waals surface area contributed by atoms with Crippen LogP contribution in [-0.4, -0.2) is 19.3 Å². The molecule has 1 aliphatic heterocycles. The van der Waals surface area contributed by atoms with Gasteiger partial charge in [0.25, 0.3) is 0 Å². The molecule has 1 aliphatic rings. The largest absolute Gasteiger partial charge is 0.376 e. The topological polar surface area (TPSA) is 21.3 Å². The van der Waals surface area contributed by atoms with Crippen LogP contribution in [-0.2, 0) is 17.6 Å². The van der Waals surface area contributed by atoms with Crippen molar-refractivity contribution in [3.63, 3.8) is 0 Å². The summed E-state index contributed by atoms with van der Waals surface area (Å²) in [5.41, 5.74) is 4.36. The van der Waals surface area contributed by atoms with E-state index in [0.717, 1.165) is 26.0 Å². The molecule has 1 fully saturated rings. The van der Waals surface area contributed by atoms with Gasteiger partial charge in [0.15, 0.2) is 0 Å². The van der Waals surface area contributed by atoms with Crippen LogP contribution in [0.3, 0.4) is 0 Å². The summed E-state index contributed by atoms with van der Waals surface area (Å²) < 4.78 is 5.89. The first-order chi connectivity index (χ1) is 9.30. The predicted molar refractivity (Wildman–Crippen MR) is 80.6 cm³/mol. The summed E-state index contributed by atoms with van der Waals surface area (Å²) in [6, 6.07) is 7.32. The van der Waals surface area contributed by atoms with Crippen molar-refractivity contribution in [1.82, 2.24) is 5.32 Å². The molecule has 1 aromatic carbocycles. The van der Waals surface area contributed by atoms with E-state index in [1.165, 1.54) is 29.5 Å². The number of nitrogens with one attached hydrogen (secondary N) is 1. The summed E-state index contributed by atoms with van der Waals surface area (Å²) in [6.45, 7) is 8.55. The molecule has 2 unspecified atom stereocenters. The molecule has 2 atom stereocenters. The van der Waals surface area contributed by atoms with Crippen LogP contribution in [0.15, 0.2) is 18.2 Å². The van der Waals surface area contributed by atoms with E-state index in [1.807, 2.05) is 0 Å². The molecule has 2 rings (SSSR count). The number of ether oxygens (including phenoxy) is 1. The fraction of sp³-hybridized carbons (Fsp3) is 0.647. The van der Waals surface area contributed by atoms with Gasteiger partial charge in [0.2, 0.25) is 0 Å². The Hall–Kier alpha value is -0.860. The van der Waals surface area contributed by atoms with Gasteiger partial charge in [-0.1, -0.05) is 39.0 Å². The Morgan fingerprint density at radius 2 is 2.00 bits per heavy atom. The molecular weight excluding hydrogens is 234 g/mol. The fourth-order valence-electron chi connectivity index (χ4n) is 3.06. The lowest BCUT2D eigenvalue weighted by Crippen LogP contribution is -2.31.